The zero-order valence-electron chi connectivity index (χ0n) is 20.5. The van der Waals surface area contributed by atoms with Crippen molar-refractivity contribution in [1.82, 2.24) is 15.3 Å². The van der Waals surface area contributed by atoms with Crippen molar-refractivity contribution in [2.75, 3.05) is 5.32 Å². The van der Waals surface area contributed by atoms with E-state index in [4.69, 9.17) is 16.3 Å². The second-order valence-electron chi connectivity index (χ2n) is 9.14. The molecule has 37 heavy (non-hydrogen) atoms. The van der Waals surface area contributed by atoms with Crippen LogP contribution in [0.25, 0.3) is 12.2 Å². The summed E-state index contributed by atoms with van der Waals surface area (Å²) in [5.41, 5.74) is 5.64. The van der Waals surface area contributed by atoms with E-state index in [-0.39, 0.29) is 12.4 Å². The molecule has 0 amide bonds. The minimum Gasteiger partial charge on any atom is -0.487 e. The third-order valence-electron chi connectivity index (χ3n) is 6.16. The average molecular weight is 515 g/mol. The molecule has 4 aromatic rings. The summed E-state index contributed by atoms with van der Waals surface area (Å²) in [6.07, 6.45) is 8.19. The van der Waals surface area contributed by atoms with Gasteiger partial charge in [-0.3, -0.25) is 0 Å². The van der Waals surface area contributed by atoms with Crippen molar-refractivity contribution in [2.24, 2.45) is 0 Å². The Morgan fingerprint density at radius 3 is 2.59 bits per heavy atom. The van der Waals surface area contributed by atoms with Crippen LogP contribution in [0.1, 0.15) is 40.8 Å². The maximum Gasteiger partial charge on any atom is 0.141 e. The number of anilines is 2. The number of hydrogen-bond donors (Lipinski definition) is 2. The molecule has 5 rings (SSSR count). The monoisotopic (exact) mass is 514 g/mol. The lowest BCUT2D eigenvalue weighted by Gasteiger charge is -2.13. The number of nitrogens with one attached hydrogen (secondary N) is 2. The maximum atomic E-state index is 13.4. The van der Waals surface area contributed by atoms with Crippen LogP contribution >= 0.6 is 11.6 Å². The van der Waals surface area contributed by atoms with Gasteiger partial charge in [0.25, 0.3) is 0 Å². The van der Waals surface area contributed by atoms with Crippen LogP contribution in [0.4, 0.5) is 15.9 Å². The van der Waals surface area contributed by atoms with E-state index in [9.17, 15) is 4.39 Å². The molecule has 0 radical (unpaired) electrons. The molecule has 1 saturated carbocycles. The number of halogens is 2. The molecule has 0 spiro atoms. The molecule has 7 heteroatoms. The van der Waals surface area contributed by atoms with E-state index in [1.165, 1.54) is 36.9 Å². The predicted octanol–water partition coefficient (Wildman–Crippen LogP) is 7.32. The van der Waals surface area contributed by atoms with Crippen LogP contribution in [-0.2, 0) is 13.2 Å². The number of hydrogen-bond acceptors (Lipinski definition) is 5. The largest absolute Gasteiger partial charge is 0.487 e. The average Bonchev–Trinajstić information content (AvgIpc) is 3.72. The van der Waals surface area contributed by atoms with Gasteiger partial charge in [0, 0.05) is 23.8 Å². The van der Waals surface area contributed by atoms with Crippen molar-refractivity contribution >= 4 is 35.3 Å². The Hall–Kier alpha value is -3.74. The quantitative estimate of drug-likeness (QED) is 0.232. The number of nitrogens with zero attached hydrogens (tertiary/aromatic N) is 2. The molecular weight excluding hydrogens is 487 g/mol. The third-order valence-corrected chi connectivity index (χ3v) is 6.45. The van der Waals surface area contributed by atoms with Crippen LogP contribution in [0.2, 0.25) is 5.02 Å². The van der Waals surface area contributed by atoms with Gasteiger partial charge in [-0.1, -0.05) is 54.1 Å². The number of rotatable bonds is 10. The first-order chi connectivity index (χ1) is 18.0. The minimum absolute atomic E-state index is 0.225. The molecule has 0 atom stereocenters. The van der Waals surface area contributed by atoms with E-state index < -0.39 is 0 Å². The lowest BCUT2D eigenvalue weighted by Crippen LogP contribution is -2.14. The van der Waals surface area contributed by atoms with Crippen LogP contribution in [0.5, 0.6) is 5.75 Å². The van der Waals surface area contributed by atoms with Crippen molar-refractivity contribution < 1.29 is 9.13 Å². The molecule has 1 aliphatic carbocycles. The molecule has 0 saturated heterocycles. The first-order valence-corrected chi connectivity index (χ1v) is 12.7. The zero-order chi connectivity index (χ0) is 25.6. The molecule has 188 valence electrons. The maximum absolute atomic E-state index is 13.4. The van der Waals surface area contributed by atoms with E-state index >= 15 is 0 Å². The highest BCUT2D eigenvalue weighted by Gasteiger charge is 2.19. The summed E-state index contributed by atoms with van der Waals surface area (Å²) in [6.45, 7) is 3.09. The van der Waals surface area contributed by atoms with E-state index in [0.29, 0.717) is 22.6 Å². The topological polar surface area (TPSA) is 59.1 Å². The fourth-order valence-electron chi connectivity index (χ4n) is 3.88. The fraction of sp³-hybridized carbons (Fsp3) is 0.200. The zero-order valence-corrected chi connectivity index (χ0v) is 21.3. The molecule has 0 aliphatic heterocycles. The molecule has 5 nitrogen and oxygen atoms in total. The molecule has 1 aromatic heterocycles. The van der Waals surface area contributed by atoms with E-state index in [1.807, 2.05) is 19.1 Å². The lowest BCUT2D eigenvalue weighted by atomic mass is 10.1. The molecular formula is C30H28ClFN4O. The summed E-state index contributed by atoms with van der Waals surface area (Å²) < 4.78 is 19.2. The Kier molecular flexibility index (Phi) is 7.78. The van der Waals surface area contributed by atoms with Gasteiger partial charge in [-0.05, 0) is 72.9 Å². The molecule has 0 unspecified atom stereocenters. The van der Waals surface area contributed by atoms with Crippen molar-refractivity contribution in [3.05, 3.63) is 112 Å². The van der Waals surface area contributed by atoms with Gasteiger partial charge in [0.1, 0.15) is 30.3 Å². The highest BCUT2D eigenvalue weighted by molar-refractivity contribution is 6.32. The van der Waals surface area contributed by atoms with E-state index in [0.717, 1.165) is 34.6 Å². The summed E-state index contributed by atoms with van der Waals surface area (Å²) >= 11 is 6.47. The third kappa shape index (κ3) is 6.94. The summed E-state index contributed by atoms with van der Waals surface area (Å²) in [7, 11) is 0. The minimum atomic E-state index is -0.296. The van der Waals surface area contributed by atoms with Crippen LogP contribution in [0.3, 0.4) is 0 Å². The van der Waals surface area contributed by atoms with Gasteiger partial charge >= 0.3 is 0 Å². The predicted molar refractivity (Wildman–Crippen MR) is 147 cm³/mol. The Labute approximate surface area is 221 Å². The van der Waals surface area contributed by atoms with Gasteiger partial charge in [0.2, 0.25) is 0 Å². The molecule has 1 heterocycles. The van der Waals surface area contributed by atoms with Crippen LogP contribution in [0, 0.1) is 12.7 Å². The Balaban J connectivity index is 1.26. The van der Waals surface area contributed by atoms with Crippen LogP contribution in [0.15, 0.2) is 73.1 Å². The SMILES string of the molecule is Cc1ncnc(Nc2ccc(OCc3cccc(F)c3)c(Cl)c2)c1/C=C/c1ccc(CNC2CC2)cc1. The number of aromatic nitrogens is 2. The number of aryl methyl sites for hydroxylation is 1. The summed E-state index contributed by atoms with van der Waals surface area (Å²) in [6, 6.07) is 21.0. The van der Waals surface area contributed by atoms with E-state index in [1.54, 1.807) is 24.3 Å². The van der Waals surface area contributed by atoms with Crippen molar-refractivity contribution in [3.63, 3.8) is 0 Å². The smallest absolute Gasteiger partial charge is 0.141 e. The van der Waals surface area contributed by atoms with Crippen molar-refractivity contribution in [1.29, 1.82) is 0 Å². The Morgan fingerprint density at radius 1 is 1.00 bits per heavy atom. The molecule has 1 aliphatic rings. The number of ether oxygens (including phenoxy) is 1. The van der Waals surface area contributed by atoms with Gasteiger partial charge < -0.3 is 15.4 Å². The Bertz CT molecular complexity index is 1400. The van der Waals surface area contributed by atoms with Crippen LogP contribution in [-0.4, -0.2) is 16.0 Å². The number of benzene rings is 3. The standard InChI is InChI=1S/C30H28ClFN4O/c1-20-27(13-9-21-5-7-22(8-6-21)17-33-25-10-11-25)30(35-19-34-20)36-26-12-14-29(28(31)16-26)37-18-23-3-2-4-24(32)15-23/h2-9,12-16,19,25,33H,10-11,17-18H2,1H3,(H,34,35,36)/b13-9+. The first kappa shape index (κ1) is 24.9. The second kappa shape index (κ2) is 11.5. The van der Waals surface area contributed by atoms with Gasteiger partial charge in [-0.25, -0.2) is 14.4 Å². The normalized spacial score (nSPS) is 13.2. The van der Waals surface area contributed by atoms with Crippen molar-refractivity contribution in [3.8, 4) is 5.75 Å². The van der Waals surface area contributed by atoms with Gasteiger partial charge in [-0.2, -0.15) is 0 Å². The molecule has 2 N–H and O–H groups in total. The second-order valence-corrected chi connectivity index (χ2v) is 9.55. The van der Waals surface area contributed by atoms with Gasteiger partial charge in [0.05, 0.1) is 10.7 Å². The first-order valence-electron chi connectivity index (χ1n) is 12.3. The highest BCUT2D eigenvalue weighted by atomic mass is 35.5. The van der Waals surface area contributed by atoms with Gasteiger partial charge in [-0.15, -0.1) is 0 Å². The fourth-order valence-corrected chi connectivity index (χ4v) is 4.11. The molecule has 3 aromatic carbocycles. The van der Waals surface area contributed by atoms with Gasteiger partial charge in [0.15, 0.2) is 0 Å². The summed E-state index contributed by atoms with van der Waals surface area (Å²) in [5.74, 6) is 0.902. The highest BCUT2D eigenvalue weighted by Crippen LogP contribution is 2.31. The summed E-state index contributed by atoms with van der Waals surface area (Å²) in [4.78, 5) is 8.81. The van der Waals surface area contributed by atoms with Crippen LogP contribution < -0.4 is 15.4 Å². The lowest BCUT2D eigenvalue weighted by molar-refractivity contribution is 0.306. The molecule has 0 bridgehead atoms. The molecule has 1 fully saturated rings. The summed E-state index contributed by atoms with van der Waals surface area (Å²) in [5, 5.41) is 7.32. The van der Waals surface area contributed by atoms with E-state index in [2.05, 4.69) is 50.9 Å². The Morgan fingerprint density at radius 2 is 1.84 bits per heavy atom. The van der Waals surface area contributed by atoms with Crippen molar-refractivity contribution in [2.45, 2.75) is 39.0 Å².